The molecule has 0 aliphatic carbocycles. The molecule has 0 aromatic heterocycles. The van der Waals surface area contributed by atoms with Gasteiger partial charge in [-0.2, -0.15) is 0 Å². The molecule has 1 fully saturated rings. The molecule has 1 heterocycles. The van der Waals surface area contributed by atoms with Gasteiger partial charge >= 0.3 is 0 Å². The number of aliphatic hydroxyl groups excluding tert-OH is 1. The van der Waals surface area contributed by atoms with Crippen molar-refractivity contribution in [2.24, 2.45) is 0 Å². The zero-order valence-electron chi connectivity index (χ0n) is 10.6. The van der Waals surface area contributed by atoms with E-state index >= 15 is 0 Å². The number of rotatable bonds is 7. The van der Waals surface area contributed by atoms with Crippen LogP contribution in [0.2, 0.25) is 0 Å². The Labute approximate surface area is 99.0 Å². The van der Waals surface area contributed by atoms with E-state index in [9.17, 15) is 5.11 Å². The predicted octanol–water partition coefficient (Wildman–Crippen LogP) is 0.458. The molecule has 1 saturated heterocycles. The molecular weight excluding hydrogens is 204 g/mol. The Morgan fingerprint density at radius 2 is 2.31 bits per heavy atom. The molecule has 0 saturated carbocycles. The third-order valence-electron chi connectivity index (χ3n) is 3.03. The molecule has 1 aliphatic rings. The van der Waals surface area contributed by atoms with Gasteiger partial charge < -0.3 is 20.1 Å². The van der Waals surface area contributed by atoms with Crippen LogP contribution in [0.15, 0.2) is 0 Å². The minimum Gasteiger partial charge on any atom is -0.395 e. The van der Waals surface area contributed by atoms with Gasteiger partial charge in [0.2, 0.25) is 0 Å². The first-order valence-electron chi connectivity index (χ1n) is 6.40. The van der Waals surface area contributed by atoms with E-state index in [0.717, 1.165) is 26.2 Å². The molecule has 2 atom stereocenters. The Balaban J connectivity index is 2.19. The lowest BCUT2D eigenvalue weighted by Gasteiger charge is -2.29. The number of likely N-dealkylation sites (N-methyl/N-ethyl adjacent to an activating group) is 2. The van der Waals surface area contributed by atoms with Gasteiger partial charge in [-0.05, 0) is 32.9 Å². The van der Waals surface area contributed by atoms with Crippen LogP contribution in [0.4, 0.5) is 0 Å². The first kappa shape index (κ1) is 13.9. The molecule has 0 bridgehead atoms. The van der Waals surface area contributed by atoms with Crippen molar-refractivity contribution in [3.05, 3.63) is 0 Å². The Morgan fingerprint density at radius 1 is 1.50 bits per heavy atom. The average Bonchev–Trinajstić information content (AvgIpc) is 2.29. The number of aliphatic hydroxyl groups is 1. The highest BCUT2D eigenvalue weighted by Gasteiger charge is 2.17. The fourth-order valence-electron chi connectivity index (χ4n) is 2.23. The first-order chi connectivity index (χ1) is 7.76. The van der Waals surface area contributed by atoms with Crippen molar-refractivity contribution < 1.29 is 9.84 Å². The summed E-state index contributed by atoms with van der Waals surface area (Å²) in [4.78, 5) is 2.25. The van der Waals surface area contributed by atoms with Crippen LogP contribution < -0.4 is 5.32 Å². The van der Waals surface area contributed by atoms with Gasteiger partial charge in [-0.3, -0.25) is 0 Å². The number of hydrogen-bond acceptors (Lipinski definition) is 4. The maximum Gasteiger partial charge on any atom is 0.0701 e. The molecule has 0 aromatic carbocycles. The quantitative estimate of drug-likeness (QED) is 0.667. The summed E-state index contributed by atoms with van der Waals surface area (Å²) in [5.74, 6) is 0. The lowest BCUT2D eigenvalue weighted by Crippen LogP contribution is -2.44. The second kappa shape index (κ2) is 8.01. The summed E-state index contributed by atoms with van der Waals surface area (Å²) in [5, 5.41) is 12.5. The monoisotopic (exact) mass is 230 g/mol. The Bertz CT molecular complexity index is 166. The van der Waals surface area contributed by atoms with Crippen molar-refractivity contribution in [1.82, 2.24) is 10.2 Å². The molecule has 0 amide bonds. The van der Waals surface area contributed by atoms with Crippen LogP contribution in [0, 0.1) is 0 Å². The van der Waals surface area contributed by atoms with Crippen LogP contribution in [0.3, 0.4) is 0 Å². The molecule has 1 aliphatic heterocycles. The Kier molecular flexibility index (Phi) is 6.96. The van der Waals surface area contributed by atoms with Crippen molar-refractivity contribution in [1.29, 1.82) is 0 Å². The minimum atomic E-state index is 0.179. The standard InChI is InChI=1S/C12H26N2O2/c1-3-13-11(10-15)8-14(2)9-12-6-4-5-7-16-12/h11-13,15H,3-10H2,1-2H3. The largest absolute Gasteiger partial charge is 0.395 e. The molecule has 1 rings (SSSR count). The van der Waals surface area contributed by atoms with Gasteiger partial charge in [-0.1, -0.05) is 6.92 Å². The molecule has 0 radical (unpaired) electrons. The lowest BCUT2D eigenvalue weighted by atomic mass is 10.1. The van der Waals surface area contributed by atoms with Gasteiger partial charge in [-0.25, -0.2) is 0 Å². The second-order valence-electron chi connectivity index (χ2n) is 4.65. The van der Waals surface area contributed by atoms with Crippen molar-refractivity contribution in [3.63, 3.8) is 0 Å². The summed E-state index contributed by atoms with van der Waals surface area (Å²) in [6, 6.07) is 0.179. The lowest BCUT2D eigenvalue weighted by molar-refractivity contribution is -0.00345. The Morgan fingerprint density at radius 3 is 2.88 bits per heavy atom. The molecule has 96 valence electrons. The summed E-state index contributed by atoms with van der Waals surface area (Å²) >= 11 is 0. The number of hydrogen-bond donors (Lipinski definition) is 2. The van der Waals surface area contributed by atoms with Crippen LogP contribution in [-0.4, -0.2) is 62.0 Å². The van der Waals surface area contributed by atoms with E-state index in [1.807, 2.05) is 0 Å². The van der Waals surface area contributed by atoms with Gasteiger partial charge in [-0.15, -0.1) is 0 Å². The van der Waals surface area contributed by atoms with Gasteiger partial charge in [0.1, 0.15) is 0 Å². The molecule has 2 unspecified atom stereocenters. The average molecular weight is 230 g/mol. The van der Waals surface area contributed by atoms with Crippen molar-refractivity contribution in [2.75, 3.05) is 39.9 Å². The maximum absolute atomic E-state index is 9.19. The van der Waals surface area contributed by atoms with Crippen LogP contribution in [0.1, 0.15) is 26.2 Å². The first-order valence-corrected chi connectivity index (χ1v) is 6.40. The summed E-state index contributed by atoms with van der Waals surface area (Å²) in [6.07, 6.45) is 4.06. The SMILES string of the molecule is CCNC(CO)CN(C)CC1CCCCO1. The number of nitrogens with zero attached hydrogens (tertiary/aromatic N) is 1. The molecular formula is C12H26N2O2. The van der Waals surface area contributed by atoms with Gasteiger partial charge in [0, 0.05) is 25.7 Å². The van der Waals surface area contributed by atoms with Crippen molar-refractivity contribution in [3.8, 4) is 0 Å². The van der Waals surface area contributed by atoms with Crippen molar-refractivity contribution in [2.45, 2.75) is 38.3 Å². The molecule has 4 nitrogen and oxygen atoms in total. The third-order valence-corrected chi connectivity index (χ3v) is 3.03. The highest BCUT2D eigenvalue weighted by atomic mass is 16.5. The normalized spacial score (nSPS) is 23.6. The van der Waals surface area contributed by atoms with Gasteiger partial charge in [0.15, 0.2) is 0 Å². The fourth-order valence-corrected chi connectivity index (χ4v) is 2.23. The van der Waals surface area contributed by atoms with E-state index in [-0.39, 0.29) is 12.6 Å². The van der Waals surface area contributed by atoms with E-state index in [0.29, 0.717) is 6.10 Å². The third kappa shape index (κ3) is 5.25. The highest BCUT2D eigenvalue weighted by Crippen LogP contribution is 2.13. The molecule has 16 heavy (non-hydrogen) atoms. The Hall–Kier alpha value is -0.160. The zero-order chi connectivity index (χ0) is 11.8. The molecule has 4 heteroatoms. The summed E-state index contributed by atoms with van der Waals surface area (Å²) < 4.78 is 5.70. The summed E-state index contributed by atoms with van der Waals surface area (Å²) in [5.41, 5.74) is 0. The van der Waals surface area contributed by atoms with Crippen LogP contribution >= 0.6 is 0 Å². The number of nitrogens with one attached hydrogen (secondary N) is 1. The minimum absolute atomic E-state index is 0.179. The smallest absolute Gasteiger partial charge is 0.0701 e. The second-order valence-corrected chi connectivity index (χ2v) is 4.65. The van der Waals surface area contributed by atoms with E-state index in [1.54, 1.807) is 0 Å². The van der Waals surface area contributed by atoms with E-state index in [4.69, 9.17) is 4.74 Å². The van der Waals surface area contributed by atoms with Crippen LogP contribution in [0.5, 0.6) is 0 Å². The zero-order valence-corrected chi connectivity index (χ0v) is 10.6. The highest BCUT2D eigenvalue weighted by molar-refractivity contribution is 4.73. The maximum atomic E-state index is 9.19. The van der Waals surface area contributed by atoms with Gasteiger partial charge in [0.25, 0.3) is 0 Å². The molecule has 2 N–H and O–H groups in total. The van der Waals surface area contributed by atoms with Crippen LogP contribution in [0.25, 0.3) is 0 Å². The van der Waals surface area contributed by atoms with E-state index in [2.05, 4.69) is 24.2 Å². The van der Waals surface area contributed by atoms with Gasteiger partial charge in [0.05, 0.1) is 12.7 Å². The number of ether oxygens (including phenoxy) is 1. The van der Waals surface area contributed by atoms with Crippen molar-refractivity contribution >= 4 is 0 Å². The van der Waals surface area contributed by atoms with E-state index in [1.165, 1.54) is 19.3 Å². The topological polar surface area (TPSA) is 44.7 Å². The predicted molar refractivity (Wildman–Crippen MR) is 65.6 cm³/mol. The molecule has 0 aromatic rings. The summed E-state index contributed by atoms with van der Waals surface area (Å²) in [7, 11) is 2.10. The summed E-state index contributed by atoms with van der Waals surface area (Å²) in [6.45, 7) is 5.93. The molecule has 0 spiro atoms. The van der Waals surface area contributed by atoms with E-state index < -0.39 is 0 Å². The fraction of sp³-hybridized carbons (Fsp3) is 1.00. The van der Waals surface area contributed by atoms with Crippen LogP contribution in [-0.2, 0) is 4.74 Å².